The number of hydrogen-bond donors (Lipinski definition) is 2. The van der Waals surface area contributed by atoms with E-state index < -0.39 is 0 Å². The van der Waals surface area contributed by atoms with Crippen molar-refractivity contribution in [3.8, 4) is 0 Å². The Morgan fingerprint density at radius 2 is 2.23 bits per heavy atom. The van der Waals surface area contributed by atoms with Gasteiger partial charge in [-0.3, -0.25) is 10.1 Å². The summed E-state index contributed by atoms with van der Waals surface area (Å²) in [7, 11) is 0. The molecule has 3 rings (SSSR count). The molecule has 2 N–H and O–H groups in total. The van der Waals surface area contributed by atoms with Crippen LogP contribution in [0, 0.1) is 0 Å². The van der Waals surface area contributed by atoms with Crippen LogP contribution in [0.3, 0.4) is 0 Å². The van der Waals surface area contributed by atoms with Crippen LogP contribution >= 0.6 is 0 Å². The lowest BCUT2D eigenvalue weighted by Gasteiger charge is -2.12. The fraction of sp³-hybridized carbons (Fsp3) is 0.190. The number of aliphatic imine (C=N–C) groups is 1. The molecule has 0 saturated carbocycles. The summed E-state index contributed by atoms with van der Waals surface area (Å²) < 4.78 is 0. The lowest BCUT2D eigenvalue weighted by atomic mass is 9.96. The Morgan fingerprint density at radius 3 is 2.96 bits per heavy atom. The molecule has 26 heavy (non-hydrogen) atoms. The molecule has 5 nitrogen and oxygen atoms in total. The molecule has 0 spiro atoms. The van der Waals surface area contributed by atoms with Crippen molar-refractivity contribution in [1.82, 2.24) is 20.5 Å². The third-order valence-corrected chi connectivity index (χ3v) is 4.12. The number of allylic oxidation sites excluding steroid dienone is 6. The first-order chi connectivity index (χ1) is 12.7. The molecular weight excluding hydrogens is 322 g/mol. The number of aromatic amines is 1. The van der Waals surface area contributed by atoms with Crippen molar-refractivity contribution < 1.29 is 0 Å². The third kappa shape index (κ3) is 4.06. The maximum absolute atomic E-state index is 4.31. The first-order valence-electron chi connectivity index (χ1n) is 8.71. The summed E-state index contributed by atoms with van der Waals surface area (Å²) in [5.41, 5.74) is 5.29. The average molecular weight is 345 g/mol. The third-order valence-electron chi connectivity index (χ3n) is 4.12. The van der Waals surface area contributed by atoms with Gasteiger partial charge in [0.15, 0.2) is 0 Å². The number of H-pyrrole nitrogens is 1. The van der Waals surface area contributed by atoms with Gasteiger partial charge in [-0.05, 0) is 30.1 Å². The Labute approximate surface area is 153 Å². The molecule has 2 aromatic heterocycles. The van der Waals surface area contributed by atoms with E-state index >= 15 is 0 Å². The smallest absolute Gasteiger partial charge is 0.130 e. The molecule has 0 unspecified atom stereocenters. The lowest BCUT2D eigenvalue weighted by molar-refractivity contribution is 0.860. The zero-order valence-corrected chi connectivity index (χ0v) is 15.0. The molecule has 0 bridgehead atoms. The summed E-state index contributed by atoms with van der Waals surface area (Å²) in [5, 5.41) is 11.4. The van der Waals surface area contributed by atoms with Crippen molar-refractivity contribution in [2.24, 2.45) is 4.99 Å². The van der Waals surface area contributed by atoms with Gasteiger partial charge < -0.3 is 5.32 Å². The Morgan fingerprint density at radius 1 is 1.35 bits per heavy atom. The second kappa shape index (κ2) is 8.25. The summed E-state index contributed by atoms with van der Waals surface area (Å²) in [4.78, 5) is 8.60. The van der Waals surface area contributed by atoms with Crippen molar-refractivity contribution in [1.29, 1.82) is 0 Å². The van der Waals surface area contributed by atoms with Crippen LogP contribution in [0.4, 0.5) is 0 Å². The Bertz CT molecular complexity index is 940. The van der Waals surface area contributed by atoms with Crippen LogP contribution < -0.4 is 5.32 Å². The molecule has 2 heterocycles. The van der Waals surface area contributed by atoms with Gasteiger partial charge in [-0.1, -0.05) is 44.7 Å². The van der Waals surface area contributed by atoms with E-state index in [4.69, 9.17) is 0 Å². The standard InChI is InChI=1S/C21H23N5/c1-4-6-15(3)25-21(23-5-2)11-16-7-9-17(10-8-16)18-12-22-14-20-19(18)13-24-26-20/h5,7,9-14H,2-4,6,8H2,1H3,(H,23,25)(H,24,26)/b16-11-. The number of hydrogen-bond acceptors (Lipinski definition) is 3. The summed E-state index contributed by atoms with van der Waals surface area (Å²) in [6.45, 7) is 9.85. The Hall–Kier alpha value is -3.21. The fourth-order valence-electron chi connectivity index (χ4n) is 2.89. The molecular formula is C21H23N5. The van der Waals surface area contributed by atoms with E-state index in [2.05, 4.69) is 63.8 Å². The van der Waals surface area contributed by atoms with E-state index in [0.717, 1.165) is 52.8 Å². The van der Waals surface area contributed by atoms with Gasteiger partial charge in [0.25, 0.3) is 0 Å². The molecule has 0 fully saturated rings. The molecule has 0 aromatic carbocycles. The number of nitrogens with one attached hydrogen (secondary N) is 2. The van der Waals surface area contributed by atoms with Crippen LogP contribution in [0.15, 0.2) is 78.5 Å². The highest BCUT2D eigenvalue weighted by atomic mass is 15.1. The van der Waals surface area contributed by atoms with Crippen molar-refractivity contribution >= 4 is 22.3 Å². The van der Waals surface area contributed by atoms with Gasteiger partial charge in [0.05, 0.1) is 17.9 Å². The van der Waals surface area contributed by atoms with Crippen LogP contribution in [0.1, 0.15) is 31.7 Å². The monoisotopic (exact) mass is 345 g/mol. The van der Waals surface area contributed by atoms with Crippen molar-refractivity contribution in [3.05, 3.63) is 79.1 Å². The van der Waals surface area contributed by atoms with E-state index in [0.29, 0.717) is 0 Å². The first kappa shape index (κ1) is 17.6. The maximum atomic E-state index is 4.31. The average Bonchev–Trinajstić information content (AvgIpc) is 3.11. The van der Waals surface area contributed by atoms with Crippen LogP contribution in [0.2, 0.25) is 0 Å². The summed E-state index contributed by atoms with van der Waals surface area (Å²) in [5.74, 6) is 0.758. The number of pyridine rings is 1. The van der Waals surface area contributed by atoms with E-state index in [9.17, 15) is 0 Å². The second-order valence-electron chi connectivity index (χ2n) is 6.11. The highest BCUT2D eigenvalue weighted by Crippen LogP contribution is 2.28. The predicted molar refractivity (Wildman–Crippen MR) is 109 cm³/mol. The van der Waals surface area contributed by atoms with Gasteiger partial charge in [0, 0.05) is 29.0 Å². The molecule has 1 aliphatic rings. The normalized spacial score (nSPS) is 16.0. The minimum absolute atomic E-state index is 0.758. The number of aromatic nitrogens is 3. The predicted octanol–water partition coefficient (Wildman–Crippen LogP) is 4.67. The minimum Gasteiger partial charge on any atom is -0.344 e. The molecule has 0 aliphatic heterocycles. The van der Waals surface area contributed by atoms with Gasteiger partial charge >= 0.3 is 0 Å². The van der Waals surface area contributed by atoms with Gasteiger partial charge in [-0.15, -0.1) is 0 Å². The van der Waals surface area contributed by atoms with Gasteiger partial charge in [0.2, 0.25) is 0 Å². The first-order valence-corrected chi connectivity index (χ1v) is 8.71. The number of fused-ring (bicyclic) bond motifs is 1. The Balaban J connectivity index is 1.78. The molecule has 0 atom stereocenters. The number of rotatable bonds is 6. The number of nitrogens with zero attached hydrogens (tertiary/aromatic N) is 3. The van der Waals surface area contributed by atoms with Gasteiger partial charge in [-0.25, -0.2) is 4.99 Å². The molecule has 2 aromatic rings. The molecule has 5 heteroatoms. The van der Waals surface area contributed by atoms with Crippen LogP contribution in [-0.2, 0) is 0 Å². The van der Waals surface area contributed by atoms with Crippen LogP contribution in [-0.4, -0.2) is 21.0 Å². The van der Waals surface area contributed by atoms with Gasteiger partial charge in [0.1, 0.15) is 5.84 Å². The lowest BCUT2D eigenvalue weighted by Crippen LogP contribution is -2.20. The van der Waals surface area contributed by atoms with Gasteiger partial charge in [-0.2, -0.15) is 5.10 Å². The Kier molecular flexibility index (Phi) is 5.59. The van der Waals surface area contributed by atoms with Crippen LogP contribution in [0.5, 0.6) is 0 Å². The highest BCUT2D eigenvalue weighted by molar-refractivity contribution is 5.97. The SMILES string of the molecule is C=C/N=C(\C=C1\C=CC(c2cncc3[nH]ncc23)=CC1)NC(=C)CCC. The fourth-order valence-corrected chi connectivity index (χ4v) is 2.89. The zero-order chi connectivity index (χ0) is 18.4. The van der Waals surface area contributed by atoms with E-state index in [-0.39, 0.29) is 0 Å². The number of amidine groups is 1. The van der Waals surface area contributed by atoms with Crippen molar-refractivity contribution in [2.45, 2.75) is 26.2 Å². The zero-order valence-electron chi connectivity index (χ0n) is 15.0. The van der Waals surface area contributed by atoms with E-state index in [1.165, 1.54) is 11.8 Å². The molecule has 0 radical (unpaired) electrons. The molecule has 0 saturated heterocycles. The molecule has 0 amide bonds. The molecule has 132 valence electrons. The van der Waals surface area contributed by atoms with E-state index in [1.54, 1.807) is 6.20 Å². The topological polar surface area (TPSA) is 66.0 Å². The quantitative estimate of drug-likeness (QED) is 0.590. The van der Waals surface area contributed by atoms with Crippen LogP contribution in [0.25, 0.3) is 16.5 Å². The maximum Gasteiger partial charge on any atom is 0.130 e. The minimum atomic E-state index is 0.758. The van der Waals surface area contributed by atoms with Crippen molar-refractivity contribution in [3.63, 3.8) is 0 Å². The molecule has 1 aliphatic carbocycles. The highest BCUT2D eigenvalue weighted by Gasteiger charge is 2.10. The van der Waals surface area contributed by atoms with E-state index in [1.807, 2.05) is 18.5 Å². The summed E-state index contributed by atoms with van der Waals surface area (Å²) >= 11 is 0. The summed E-state index contributed by atoms with van der Waals surface area (Å²) in [6.07, 6.45) is 18.3. The summed E-state index contributed by atoms with van der Waals surface area (Å²) in [6, 6.07) is 0. The second-order valence-corrected chi connectivity index (χ2v) is 6.11. The largest absolute Gasteiger partial charge is 0.344 e. The van der Waals surface area contributed by atoms with Crippen molar-refractivity contribution in [2.75, 3.05) is 0 Å².